The Labute approximate surface area is 181 Å². The summed E-state index contributed by atoms with van der Waals surface area (Å²) in [7, 11) is 1.64. The van der Waals surface area contributed by atoms with Gasteiger partial charge in [-0.3, -0.25) is 9.59 Å². The fraction of sp³-hybridized carbons (Fsp3) is 0.565. The van der Waals surface area contributed by atoms with Crippen molar-refractivity contribution >= 4 is 11.8 Å². The van der Waals surface area contributed by atoms with Crippen LogP contribution in [0.1, 0.15) is 61.7 Å². The second-order valence-corrected chi connectivity index (χ2v) is 8.99. The Morgan fingerprint density at radius 1 is 1.06 bits per heavy atom. The third kappa shape index (κ3) is 3.58. The largest absolute Gasteiger partial charge is 0.497 e. The minimum absolute atomic E-state index is 0.106. The van der Waals surface area contributed by atoms with Gasteiger partial charge in [-0.1, -0.05) is 17.3 Å². The summed E-state index contributed by atoms with van der Waals surface area (Å²) in [5, 5.41) is 4.20. The molecule has 8 nitrogen and oxygen atoms in total. The summed E-state index contributed by atoms with van der Waals surface area (Å²) in [4.78, 5) is 33.1. The van der Waals surface area contributed by atoms with Crippen LogP contribution in [0.2, 0.25) is 0 Å². The number of piperidine rings is 1. The molecule has 0 bridgehead atoms. The van der Waals surface area contributed by atoms with Crippen LogP contribution in [0.4, 0.5) is 0 Å². The molecule has 164 valence electrons. The molecular weight excluding hydrogens is 396 g/mol. The number of amides is 2. The highest BCUT2D eigenvalue weighted by molar-refractivity contribution is 5.92. The predicted octanol–water partition coefficient (Wildman–Crippen LogP) is 2.46. The van der Waals surface area contributed by atoms with Gasteiger partial charge in [-0.2, -0.15) is 4.98 Å². The van der Waals surface area contributed by atoms with Gasteiger partial charge in [0, 0.05) is 39.0 Å². The number of nitrogens with zero attached hydrogens (tertiary/aromatic N) is 4. The molecule has 0 unspecified atom stereocenters. The van der Waals surface area contributed by atoms with Gasteiger partial charge in [0.2, 0.25) is 17.7 Å². The summed E-state index contributed by atoms with van der Waals surface area (Å²) in [6.45, 7) is 4.34. The van der Waals surface area contributed by atoms with Crippen LogP contribution in [0, 0.1) is 0 Å². The quantitative estimate of drug-likeness (QED) is 0.733. The monoisotopic (exact) mass is 424 g/mol. The van der Waals surface area contributed by atoms with Crippen LogP contribution in [-0.2, 0) is 15.0 Å². The standard InChI is InChI=1S/C23H28N4O4/c1-15(28)26-11-7-16(8-12-26)20-24-21(31-25-20)17-13-27(14-17)22(29)23(9-10-23)18-3-5-19(30-2)6-4-18/h3-6,16-17H,7-14H2,1-2H3. The lowest BCUT2D eigenvalue weighted by atomic mass is 9.90. The highest BCUT2D eigenvalue weighted by atomic mass is 16.5. The lowest BCUT2D eigenvalue weighted by Crippen LogP contribution is -2.52. The number of rotatable bonds is 5. The second kappa shape index (κ2) is 7.66. The fourth-order valence-electron chi connectivity index (χ4n) is 4.80. The Balaban J connectivity index is 1.18. The van der Waals surface area contributed by atoms with E-state index in [2.05, 4.69) is 10.1 Å². The highest BCUT2D eigenvalue weighted by Gasteiger charge is 2.55. The van der Waals surface area contributed by atoms with Crippen molar-refractivity contribution in [2.24, 2.45) is 0 Å². The van der Waals surface area contributed by atoms with Crippen molar-refractivity contribution < 1.29 is 18.8 Å². The van der Waals surface area contributed by atoms with Crippen LogP contribution in [0.25, 0.3) is 0 Å². The average Bonchev–Trinajstić information content (AvgIpc) is 3.44. The van der Waals surface area contributed by atoms with Gasteiger partial charge >= 0.3 is 0 Å². The number of hydrogen-bond donors (Lipinski definition) is 0. The van der Waals surface area contributed by atoms with E-state index >= 15 is 0 Å². The molecule has 3 aliphatic rings. The maximum absolute atomic E-state index is 13.2. The summed E-state index contributed by atoms with van der Waals surface area (Å²) in [5.41, 5.74) is 0.695. The molecule has 1 aromatic heterocycles. The molecule has 0 atom stereocenters. The van der Waals surface area contributed by atoms with Gasteiger partial charge in [0.15, 0.2) is 5.82 Å². The third-order valence-electron chi connectivity index (χ3n) is 7.08. The average molecular weight is 425 g/mol. The number of ether oxygens (including phenoxy) is 1. The molecule has 1 aromatic carbocycles. The highest BCUT2D eigenvalue weighted by Crippen LogP contribution is 2.51. The first-order chi connectivity index (χ1) is 15.0. The molecule has 2 amide bonds. The molecule has 3 fully saturated rings. The number of methoxy groups -OCH3 is 1. The molecule has 0 radical (unpaired) electrons. The first-order valence-electron chi connectivity index (χ1n) is 11.0. The zero-order valence-electron chi connectivity index (χ0n) is 18.0. The Morgan fingerprint density at radius 2 is 1.74 bits per heavy atom. The minimum Gasteiger partial charge on any atom is -0.497 e. The number of carbonyl (C=O) groups is 2. The third-order valence-corrected chi connectivity index (χ3v) is 7.08. The fourth-order valence-corrected chi connectivity index (χ4v) is 4.80. The molecule has 0 spiro atoms. The molecule has 2 aliphatic heterocycles. The van der Waals surface area contributed by atoms with Gasteiger partial charge in [0.1, 0.15) is 5.75 Å². The van der Waals surface area contributed by atoms with Crippen LogP contribution in [-0.4, -0.2) is 65.0 Å². The summed E-state index contributed by atoms with van der Waals surface area (Å²) < 4.78 is 10.8. The number of likely N-dealkylation sites (tertiary alicyclic amines) is 2. The molecule has 3 heterocycles. The van der Waals surface area contributed by atoms with E-state index in [-0.39, 0.29) is 29.1 Å². The van der Waals surface area contributed by atoms with Crippen LogP contribution >= 0.6 is 0 Å². The lowest BCUT2D eigenvalue weighted by molar-refractivity contribution is -0.138. The van der Waals surface area contributed by atoms with Crippen molar-refractivity contribution in [1.29, 1.82) is 0 Å². The van der Waals surface area contributed by atoms with Gasteiger partial charge in [0.25, 0.3) is 0 Å². The number of hydrogen-bond acceptors (Lipinski definition) is 6. The van der Waals surface area contributed by atoms with E-state index in [0.717, 1.165) is 55.9 Å². The smallest absolute Gasteiger partial charge is 0.233 e. The summed E-state index contributed by atoms with van der Waals surface area (Å²) in [6, 6.07) is 7.84. The van der Waals surface area contributed by atoms with Gasteiger partial charge in [0.05, 0.1) is 18.4 Å². The Bertz CT molecular complexity index is 968. The first kappa shape index (κ1) is 20.0. The van der Waals surface area contributed by atoms with Crippen LogP contribution in [0.3, 0.4) is 0 Å². The van der Waals surface area contributed by atoms with E-state index in [4.69, 9.17) is 9.26 Å². The van der Waals surface area contributed by atoms with Crippen molar-refractivity contribution in [2.75, 3.05) is 33.3 Å². The van der Waals surface area contributed by atoms with Gasteiger partial charge < -0.3 is 19.1 Å². The Hall–Kier alpha value is -2.90. The van der Waals surface area contributed by atoms with E-state index in [1.165, 1.54) is 0 Å². The topological polar surface area (TPSA) is 88.8 Å². The van der Waals surface area contributed by atoms with E-state index < -0.39 is 0 Å². The molecule has 1 saturated carbocycles. The summed E-state index contributed by atoms with van der Waals surface area (Å²) in [5.74, 6) is 2.82. The van der Waals surface area contributed by atoms with Crippen LogP contribution < -0.4 is 4.74 Å². The number of aromatic nitrogens is 2. The molecule has 0 N–H and O–H groups in total. The maximum Gasteiger partial charge on any atom is 0.233 e. The van der Waals surface area contributed by atoms with E-state index in [1.807, 2.05) is 34.1 Å². The Morgan fingerprint density at radius 3 is 2.32 bits per heavy atom. The summed E-state index contributed by atoms with van der Waals surface area (Å²) in [6.07, 6.45) is 3.50. The molecule has 31 heavy (non-hydrogen) atoms. The van der Waals surface area contributed by atoms with Crippen molar-refractivity contribution in [1.82, 2.24) is 19.9 Å². The van der Waals surface area contributed by atoms with Crippen molar-refractivity contribution in [2.45, 2.75) is 49.9 Å². The normalized spacial score (nSPS) is 21.0. The maximum atomic E-state index is 13.2. The number of carbonyl (C=O) groups excluding carboxylic acids is 2. The molecular formula is C23H28N4O4. The molecule has 8 heteroatoms. The van der Waals surface area contributed by atoms with Crippen molar-refractivity contribution in [3.05, 3.63) is 41.5 Å². The van der Waals surface area contributed by atoms with Gasteiger partial charge in [-0.25, -0.2) is 0 Å². The predicted molar refractivity (Wildman–Crippen MR) is 112 cm³/mol. The van der Waals surface area contributed by atoms with Crippen LogP contribution in [0.5, 0.6) is 5.75 Å². The molecule has 5 rings (SSSR count). The molecule has 1 aliphatic carbocycles. The van der Waals surface area contributed by atoms with E-state index in [9.17, 15) is 9.59 Å². The zero-order valence-corrected chi connectivity index (χ0v) is 18.0. The summed E-state index contributed by atoms with van der Waals surface area (Å²) >= 11 is 0. The van der Waals surface area contributed by atoms with E-state index in [0.29, 0.717) is 19.0 Å². The second-order valence-electron chi connectivity index (χ2n) is 8.99. The van der Waals surface area contributed by atoms with E-state index in [1.54, 1.807) is 14.0 Å². The minimum atomic E-state index is -0.373. The van der Waals surface area contributed by atoms with Crippen molar-refractivity contribution in [3.63, 3.8) is 0 Å². The lowest BCUT2D eigenvalue weighted by Gasteiger charge is -2.39. The first-order valence-corrected chi connectivity index (χ1v) is 11.0. The SMILES string of the molecule is COc1ccc(C2(C(=O)N3CC(c4nc(C5CCN(C(C)=O)CC5)no4)C3)CC2)cc1. The number of benzene rings is 1. The van der Waals surface area contributed by atoms with Gasteiger partial charge in [-0.15, -0.1) is 0 Å². The zero-order chi connectivity index (χ0) is 21.6. The molecule has 2 saturated heterocycles. The van der Waals surface area contributed by atoms with Crippen molar-refractivity contribution in [3.8, 4) is 5.75 Å². The Kier molecular flexibility index (Phi) is 4.95. The van der Waals surface area contributed by atoms with Gasteiger partial charge in [-0.05, 0) is 43.4 Å². The molecule has 2 aromatic rings. The van der Waals surface area contributed by atoms with Crippen LogP contribution in [0.15, 0.2) is 28.8 Å².